The third kappa shape index (κ3) is 5.60. The van der Waals surface area contributed by atoms with Gasteiger partial charge >= 0.3 is 21.6 Å². The molecule has 0 aliphatic heterocycles. The summed E-state index contributed by atoms with van der Waals surface area (Å²) in [5.41, 5.74) is -4.83. The average molecular weight is 474 g/mol. The predicted octanol–water partition coefficient (Wildman–Crippen LogP) is 5.44. The van der Waals surface area contributed by atoms with Gasteiger partial charge in [-0.3, -0.25) is 0 Å². The Morgan fingerprint density at radius 2 is 1.91 bits per heavy atom. The van der Waals surface area contributed by atoms with E-state index < -0.39 is 33.4 Å². The Kier molecular flexibility index (Phi) is 8.30. The quantitative estimate of drug-likeness (QED) is 0.197. The predicted molar refractivity (Wildman–Crippen MR) is 115 cm³/mol. The normalized spacial score (nSPS) is 13.1. The summed E-state index contributed by atoms with van der Waals surface area (Å²) in [5.74, 6) is -1.48. The molecule has 2 rings (SSSR count). The minimum Gasteiger partial charge on any atom is -0.464 e. The van der Waals surface area contributed by atoms with Crippen molar-refractivity contribution in [2.45, 2.75) is 45.2 Å². The Morgan fingerprint density at radius 1 is 1.22 bits per heavy atom. The molecule has 6 nitrogen and oxygen atoms in total. The molecule has 0 bridgehead atoms. The second kappa shape index (κ2) is 10.4. The minimum atomic E-state index is -6.02. The number of ether oxygens (including phenoxy) is 2. The second-order valence-electron chi connectivity index (χ2n) is 6.96. The zero-order valence-electron chi connectivity index (χ0n) is 18.0. The molecule has 0 saturated heterocycles. The number of hydrogen-bond acceptors (Lipinski definition) is 6. The van der Waals surface area contributed by atoms with E-state index in [1.807, 2.05) is 6.92 Å². The molecule has 0 heterocycles. The van der Waals surface area contributed by atoms with Gasteiger partial charge < -0.3 is 13.7 Å². The van der Waals surface area contributed by atoms with Gasteiger partial charge in [-0.2, -0.15) is 21.6 Å². The number of carbonyl (C=O) groups excluding carboxylic acids is 1. The van der Waals surface area contributed by atoms with E-state index in [4.69, 9.17) is 9.47 Å². The van der Waals surface area contributed by atoms with Gasteiger partial charge in [-0.15, -0.1) is 0 Å². The monoisotopic (exact) mass is 474 g/mol. The van der Waals surface area contributed by atoms with E-state index in [9.17, 15) is 26.4 Å². The van der Waals surface area contributed by atoms with Gasteiger partial charge in [0, 0.05) is 17.6 Å². The van der Waals surface area contributed by atoms with Crippen molar-refractivity contribution in [1.82, 2.24) is 0 Å². The number of alkyl halides is 3. The van der Waals surface area contributed by atoms with E-state index in [0.29, 0.717) is 22.9 Å². The second-order valence-corrected chi connectivity index (χ2v) is 8.50. The summed E-state index contributed by atoms with van der Waals surface area (Å²) in [6.07, 6.45) is 1.37. The van der Waals surface area contributed by atoms with Crippen LogP contribution >= 0.6 is 0 Å². The van der Waals surface area contributed by atoms with E-state index in [1.54, 1.807) is 25.1 Å². The Bertz CT molecular complexity index is 1090. The van der Waals surface area contributed by atoms with Crippen molar-refractivity contribution in [3.63, 3.8) is 0 Å². The molecule has 0 fully saturated rings. The van der Waals surface area contributed by atoms with Crippen molar-refractivity contribution in [3.05, 3.63) is 47.5 Å². The molecule has 0 N–H and O–H groups in total. The molecule has 1 atom stereocenters. The van der Waals surface area contributed by atoms with Gasteiger partial charge in [0.1, 0.15) is 0 Å². The number of esters is 1. The van der Waals surface area contributed by atoms with Gasteiger partial charge in [0.2, 0.25) is 0 Å². The summed E-state index contributed by atoms with van der Waals surface area (Å²) in [5, 5.41) is 0.476. The molecular formula is C22H25F3O6S. The van der Waals surface area contributed by atoms with Gasteiger partial charge in [-0.25, -0.2) is 4.79 Å². The molecule has 0 spiro atoms. The summed E-state index contributed by atoms with van der Waals surface area (Å²) in [4.78, 5) is 12.7. The van der Waals surface area contributed by atoms with Crippen LogP contribution in [-0.4, -0.2) is 33.1 Å². The van der Waals surface area contributed by atoms with Gasteiger partial charge in [-0.1, -0.05) is 38.1 Å². The van der Waals surface area contributed by atoms with E-state index >= 15 is 0 Å². The number of unbranched alkanes of at least 4 members (excludes halogenated alkanes) is 1. The third-order valence-corrected chi connectivity index (χ3v) is 5.57. The van der Waals surface area contributed by atoms with Crippen LogP contribution in [0.4, 0.5) is 13.2 Å². The van der Waals surface area contributed by atoms with Crippen molar-refractivity contribution < 1.29 is 40.0 Å². The van der Waals surface area contributed by atoms with Crippen LogP contribution in [0.5, 0.6) is 5.75 Å². The lowest BCUT2D eigenvalue weighted by Gasteiger charge is -2.23. The summed E-state index contributed by atoms with van der Waals surface area (Å²) in [6.45, 7) is 8.74. The fourth-order valence-electron chi connectivity index (χ4n) is 3.07. The highest BCUT2D eigenvalue weighted by molar-refractivity contribution is 7.88. The molecule has 0 aromatic heterocycles. The lowest BCUT2D eigenvalue weighted by molar-refractivity contribution is -0.157. The summed E-state index contributed by atoms with van der Waals surface area (Å²) in [6, 6.07) is 6.17. The van der Waals surface area contributed by atoms with Crippen LogP contribution in [-0.2, 0) is 24.4 Å². The molecule has 176 valence electrons. The molecule has 0 radical (unpaired) electrons. The molecule has 0 unspecified atom stereocenters. The maximum absolute atomic E-state index is 13.1. The lowest BCUT2D eigenvalue weighted by atomic mass is 9.95. The highest BCUT2D eigenvalue weighted by atomic mass is 32.2. The van der Waals surface area contributed by atoms with Crippen LogP contribution in [0.25, 0.3) is 16.8 Å². The van der Waals surface area contributed by atoms with Gasteiger partial charge in [0.15, 0.2) is 11.9 Å². The zero-order chi connectivity index (χ0) is 24.1. The molecule has 2 aromatic carbocycles. The smallest absolute Gasteiger partial charge is 0.464 e. The van der Waals surface area contributed by atoms with Gasteiger partial charge in [0.25, 0.3) is 0 Å². The maximum atomic E-state index is 13.1. The third-order valence-electron chi connectivity index (χ3n) is 4.62. The fraction of sp³-hybridized carbons (Fsp3) is 0.409. The molecule has 10 heteroatoms. The number of rotatable bonds is 10. The number of benzene rings is 2. The maximum Gasteiger partial charge on any atom is 0.534 e. The zero-order valence-corrected chi connectivity index (χ0v) is 18.8. The van der Waals surface area contributed by atoms with E-state index in [1.165, 1.54) is 19.1 Å². The molecule has 2 aromatic rings. The number of halogens is 3. The summed E-state index contributed by atoms with van der Waals surface area (Å²) >= 11 is 0. The Morgan fingerprint density at radius 3 is 2.47 bits per heavy atom. The lowest BCUT2D eigenvalue weighted by Crippen LogP contribution is -2.29. The Balaban J connectivity index is 2.82. The van der Waals surface area contributed by atoms with Crippen LogP contribution in [0.3, 0.4) is 0 Å². The highest BCUT2D eigenvalue weighted by Gasteiger charge is 2.49. The number of carbonyl (C=O) groups is 1. The molecule has 0 amide bonds. The van der Waals surface area contributed by atoms with E-state index in [0.717, 1.165) is 6.42 Å². The fourth-order valence-corrected chi connectivity index (χ4v) is 3.57. The first-order valence-corrected chi connectivity index (χ1v) is 11.4. The van der Waals surface area contributed by atoms with Crippen molar-refractivity contribution >= 4 is 32.9 Å². The SMILES string of the molecule is C=Cc1ccc2c(OS(=O)(=O)C(F)(F)F)c([C@H](OCCCC)C(=O)OCC)c(C)cc2c1. The van der Waals surface area contributed by atoms with Crippen LogP contribution < -0.4 is 4.18 Å². The summed E-state index contributed by atoms with van der Waals surface area (Å²) in [7, 11) is -6.02. The van der Waals surface area contributed by atoms with Crippen LogP contribution in [0.2, 0.25) is 0 Å². The standard InChI is InChI=1S/C22H25F3O6S/c1-5-8-11-30-20(21(26)29-7-3)18-14(4)12-16-13-15(6-2)9-10-17(16)19(18)31-32(27,28)22(23,24)25/h6,9-10,12-13,20H,2,5,7-8,11H2,1,3-4H3/t20-/m0/s1. The average Bonchev–Trinajstić information content (AvgIpc) is 2.71. The van der Waals surface area contributed by atoms with Gasteiger partial charge in [0.05, 0.1) is 6.61 Å². The highest BCUT2D eigenvalue weighted by Crippen LogP contribution is 2.41. The number of aryl methyl sites for hydroxylation is 1. The molecule has 0 aliphatic rings. The van der Waals surface area contributed by atoms with Crippen LogP contribution in [0, 0.1) is 6.92 Å². The molecule has 0 aliphatic carbocycles. The Hall–Kier alpha value is -2.59. The topological polar surface area (TPSA) is 78.9 Å². The van der Waals surface area contributed by atoms with Crippen molar-refractivity contribution in [2.24, 2.45) is 0 Å². The van der Waals surface area contributed by atoms with Gasteiger partial charge in [-0.05, 0) is 48.9 Å². The number of fused-ring (bicyclic) bond motifs is 1. The van der Waals surface area contributed by atoms with Crippen LogP contribution in [0.15, 0.2) is 30.8 Å². The van der Waals surface area contributed by atoms with Crippen molar-refractivity contribution in [3.8, 4) is 5.75 Å². The Labute approximate surface area is 185 Å². The van der Waals surface area contributed by atoms with E-state index in [2.05, 4.69) is 10.8 Å². The minimum absolute atomic E-state index is 0.00116. The largest absolute Gasteiger partial charge is 0.534 e. The molecular weight excluding hydrogens is 449 g/mol. The van der Waals surface area contributed by atoms with Crippen molar-refractivity contribution in [2.75, 3.05) is 13.2 Å². The number of hydrogen-bond donors (Lipinski definition) is 0. The molecule has 32 heavy (non-hydrogen) atoms. The van der Waals surface area contributed by atoms with E-state index in [-0.39, 0.29) is 24.2 Å². The van der Waals surface area contributed by atoms with Crippen molar-refractivity contribution in [1.29, 1.82) is 0 Å². The summed E-state index contributed by atoms with van der Waals surface area (Å²) < 4.78 is 78.6. The van der Waals surface area contributed by atoms with Crippen LogP contribution in [0.1, 0.15) is 49.5 Å². The first-order chi connectivity index (χ1) is 15.0. The first-order valence-electron chi connectivity index (χ1n) is 9.95. The first kappa shape index (κ1) is 25.7. The molecule has 0 saturated carbocycles.